The fraction of sp³-hybridized carbons (Fsp3) is 0.394. The van der Waals surface area contributed by atoms with Gasteiger partial charge in [0.1, 0.15) is 12.4 Å². The zero-order valence-electron chi connectivity index (χ0n) is 24.6. The normalized spacial score (nSPS) is 17.9. The number of nitrogens with zero attached hydrogens (tertiary/aromatic N) is 6. The highest BCUT2D eigenvalue weighted by atomic mass is 16.5. The Hall–Kier alpha value is -4.28. The van der Waals surface area contributed by atoms with Crippen LogP contribution in [0.2, 0.25) is 0 Å². The van der Waals surface area contributed by atoms with Crippen molar-refractivity contribution in [3.63, 3.8) is 0 Å². The maximum absolute atomic E-state index is 11.6. The van der Waals surface area contributed by atoms with Crippen molar-refractivity contribution < 1.29 is 19.4 Å². The third-order valence-electron chi connectivity index (χ3n) is 8.86. The van der Waals surface area contributed by atoms with Crippen LogP contribution in [0.4, 0.5) is 0 Å². The summed E-state index contributed by atoms with van der Waals surface area (Å²) < 4.78 is 15.9. The summed E-state index contributed by atoms with van der Waals surface area (Å²) in [4.78, 5) is 23.8. The van der Waals surface area contributed by atoms with E-state index in [1.54, 1.807) is 12.1 Å². The van der Waals surface area contributed by atoms with Gasteiger partial charge < -0.3 is 19.1 Å². The molecule has 0 aliphatic carbocycles. The zero-order chi connectivity index (χ0) is 29.5. The topological polar surface area (TPSA) is 108 Å². The van der Waals surface area contributed by atoms with Crippen molar-refractivity contribution in [2.24, 2.45) is 7.05 Å². The Morgan fingerprint density at radius 1 is 1.05 bits per heavy atom. The summed E-state index contributed by atoms with van der Waals surface area (Å²) in [5.74, 6) is 1.05. The molecule has 10 nitrogen and oxygen atoms in total. The summed E-state index contributed by atoms with van der Waals surface area (Å²) in [5.41, 5.74) is 6.25. The van der Waals surface area contributed by atoms with E-state index in [2.05, 4.69) is 38.8 Å². The molecule has 2 saturated heterocycles. The molecule has 5 heterocycles. The van der Waals surface area contributed by atoms with Crippen LogP contribution < -0.4 is 4.74 Å². The Bertz CT molecular complexity index is 1800. The lowest BCUT2D eigenvalue weighted by Gasteiger charge is -2.32. The monoisotopic (exact) mass is 580 g/mol. The van der Waals surface area contributed by atoms with E-state index in [0.29, 0.717) is 31.5 Å². The summed E-state index contributed by atoms with van der Waals surface area (Å²) in [6.45, 7) is 6.54. The molecular weight excluding hydrogens is 544 g/mol. The lowest BCUT2D eigenvalue weighted by molar-refractivity contribution is -0.0592. The molecule has 2 fully saturated rings. The molecule has 0 bridgehead atoms. The van der Waals surface area contributed by atoms with E-state index in [-0.39, 0.29) is 11.7 Å². The van der Waals surface area contributed by atoms with E-state index < -0.39 is 5.97 Å². The minimum Gasteiger partial charge on any atom is -0.478 e. The first-order valence-electron chi connectivity index (χ1n) is 15.0. The van der Waals surface area contributed by atoms with E-state index in [4.69, 9.17) is 19.4 Å². The van der Waals surface area contributed by atoms with Gasteiger partial charge in [-0.1, -0.05) is 18.2 Å². The first kappa shape index (κ1) is 27.5. The number of aromatic carboxylic acids is 1. The van der Waals surface area contributed by atoms with E-state index in [1.165, 1.54) is 0 Å². The number of fused-ring (bicyclic) bond motifs is 2. The SMILES string of the molecule is Cc1nn(C)c2cc(COc3cccc(C4CCN(Cc5nc6ccc(C(=O)O)cc6n5C[C@@H]5CCO5)CC4)n3)ccc12. The molecular formula is C33H36N6O4. The number of piperidine rings is 1. The van der Waals surface area contributed by atoms with E-state index in [9.17, 15) is 9.90 Å². The third-order valence-corrected chi connectivity index (χ3v) is 8.86. The van der Waals surface area contributed by atoms with Gasteiger partial charge >= 0.3 is 5.97 Å². The quantitative estimate of drug-likeness (QED) is 0.258. The fourth-order valence-electron chi connectivity index (χ4n) is 6.32. The molecule has 10 heteroatoms. The second kappa shape index (κ2) is 11.4. The molecule has 43 heavy (non-hydrogen) atoms. The molecule has 3 aromatic heterocycles. The number of likely N-dealkylation sites (tertiary alicyclic amines) is 1. The Labute approximate surface area is 249 Å². The molecule has 0 saturated carbocycles. The van der Waals surface area contributed by atoms with Crippen LogP contribution in [0.1, 0.15) is 58.3 Å². The van der Waals surface area contributed by atoms with Crippen LogP contribution in [0.25, 0.3) is 21.9 Å². The number of aromatic nitrogens is 5. The maximum Gasteiger partial charge on any atom is 0.335 e. The summed E-state index contributed by atoms with van der Waals surface area (Å²) in [5, 5.41) is 15.2. The average molecular weight is 581 g/mol. The van der Waals surface area contributed by atoms with Crippen molar-refractivity contribution >= 4 is 27.9 Å². The van der Waals surface area contributed by atoms with Crippen LogP contribution in [0.15, 0.2) is 54.6 Å². The number of rotatable bonds is 9. The number of carboxylic acid groups (broad SMARTS) is 1. The third kappa shape index (κ3) is 5.60. The van der Waals surface area contributed by atoms with Crippen LogP contribution in [-0.2, 0) is 31.5 Å². The van der Waals surface area contributed by atoms with Gasteiger partial charge in [0.15, 0.2) is 0 Å². The van der Waals surface area contributed by atoms with Gasteiger partial charge in [-0.25, -0.2) is 14.8 Å². The van der Waals surface area contributed by atoms with Gasteiger partial charge in [-0.15, -0.1) is 0 Å². The van der Waals surface area contributed by atoms with Crippen LogP contribution in [0.5, 0.6) is 5.88 Å². The van der Waals surface area contributed by atoms with Gasteiger partial charge in [-0.05, 0) is 75.2 Å². The molecule has 0 spiro atoms. The van der Waals surface area contributed by atoms with Gasteiger partial charge in [-0.2, -0.15) is 5.10 Å². The number of hydrogen-bond acceptors (Lipinski definition) is 7. The molecule has 1 N–H and O–H groups in total. The van der Waals surface area contributed by atoms with Crippen LogP contribution >= 0.6 is 0 Å². The van der Waals surface area contributed by atoms with E-state index >= 15 is 0 Å². The number of carboxylic acids is 1. The number of aryl methyl sites for hydroxylation is 2. The number of pyridine rings is 1. The number of benzene rings is 2. The van der Waals surface area contributed by atoms with Crippen molar-refractivity contribution in [1.82, 2.24) is 29.2 Å². The van der Waals surface area contributed by atoms with Crippen LogP contribution in [-0.4, -0.2) is 66.1 Å². The maximum atomic E-state index is 11.6. The van der Waals surface area contributed by atoms with Crippen molar-refractivity contribution in [3.8, 4) is 5.88 Å². The molecule has 2 aliphatic heterocycles. The second-order valence-electron chi connectivity index (χ2n) is 11.7. The molecule has 0 unspecified atom stereocenters. The van der Waals surface area contributed by atoms with Crippen molar-refractivity contribution in [2.45, 2.75) is 57.9 Å². The minimum atomic E-state index is -0.928. The first-order valence-corrected chi connectivity index (χ1v) is 15.0. The van der Waals surface area contributed by atoms with Crippen molar-refractivity contribution in [3.05, 3.63) is 82.9 Å². The summed E-state index contributed by atoms with van der Waals surface area (Å²) in [7, 11) is 1.97. The number of carbonyl (C=O) groups is 1. The summed E-state index contributed by atoms with van der Waals surface area (Å²) >= 11 is 0. The molecule has 2 aliphatic rings. The highest BCUT2D eigenvalue weighted by Gasteiger charge is 2.26. The van der Waals surface area contributed by atoms with Gasteiger partial charge in [-0.3, -0.25) is 9.58 Å². The lowest BCUT2D eigenvalue weighted by Crippen LogP contribution is -2.35. The van der Waals surface area contributed by atoms with Gasteiger partial charge in [0.05, 0.1) is 47.0 Å². The lowest BCUT2D eigenvalue weighted by atomic mass is 9.93. The molecule has 2 aromatic carbocycles. The van der Waals surface area contributed by atoms with Gasteiger partial charge in [0, 0.05) is 36.7 Å². The first-order chi connectivity index (χ1) is 20.9. The largest absolute Gasteiger partial charge is 0.478 e. The molecule has 0 amide bonds. The predicted molar refractivity (Wildman–Crippen MR) is 162 cm³/mol. The molecule has 0 radical (unpaired) electrons. The fourth-order valence-corrected chi connectivity index (χ4v) is 6.32. The average Bonchev–Trinajstić information content (AvgIpc) is 3.48. The molecule has 222 valence electrons. The van der Waals surface area contributed by atoms with E-state index in [0.717, 1.165) is 83.7 Å². The predicted octanol–water partition coefficient (Wildman–Crippen LogP) is 5.07. The standard InChI is InChI=1S/C33H36N6O4/c1-21-26-8-6-22(16-29(26)37(2)36-21)20-43-32-5-3-4-27(35-32)23-10-13-38(14-11-23)19-31-34-28-9-7-24(33(40)41)17-30(28)39(31)18-25-12-15-42-25/h3-9,16-17,23,25H,10-15,18-20H2,1-2H3,(H,40,41)/t25-/m0/s1. The number of imidazole rings is 1. The smallest absolute Gasteiger partial charge is 0.335 e. The van der Waals surface area contributed by atoms with Gasteiger partial charge in [0.25, 0.3) is 0 Å². The Morgan fingerprint density at radius 2 is 1.88 bits per heavy atom. The number of hydrogen-bond donors (Lipinski definition) is 1. The molecule has 7 rings (SSSR count). The molecule has 1 atom stereocenters. The van der Waals surface area contributed by atoms with Crippen LogP contribution in [0, 0.1) is 6.92 Å². The molecule has 5 aromatic rings. The van der Waals surface area contributed by atoms with Crippen LogP contribution in [0.3, 0.4) is 0 Å². The highest BCUT2D eigenvalue weighted by Crippen LogP contribution is 2.30. The van der Waals surface area contributed by atoms with Gasteiger partial charge in [0.2, 0.25) is 5.88 Å². The summed E-state index contributed by atoms with van der Waals surface area (Å²) in [6.07, 6.45) is 3.17. The Kier molecular flexibility index (Phi) is 7.32. The Morgan fingerprint density at radius 3 is 2.65 bits per heavy atom. The highest BCUT2D eigenvalue weighted by molar-refractivity contribution is 5.92. The number of ether oxygens (including phenoxy) is 2. The zero-order valence-corrected chi connectivity index (χ0v) is 24.6. The van der Waals surface area contributed by atoms with Crippen molar-refractivity contribution in [1.29, 1.82) is 0 Å². The minimum absolute atomic E-state index is 0.151. The van der Waals surface area contributed by atoms with Crippen molar-refractivity contribution in [2.75, 3.05) is 19.7 Å². The Balaban J connectivity index is 1.00. The summed E-state index contributed by atoms with van der Waals surface area (Å²) in [6, 6.07) is 17.6. The second-order valence-corrected chi connectivity index (χ2v) is 11.7. The van der Waals surface area contributed by atoms with E-state index in [1.807, 2.05) is 36.9 Å².